The van der Waals surface area contributed by atoms with Gasteiger partial charge < -0.3 is 24.3 Å². The van der Waals surface area contributed by atoms with Crippen LogP contribution in [0.3, 0.4) is 0 Å². The van der Waals surface area contributed by atoms with Crippen molar-refractivity contribution in [1.29, 1.82) is 0 Å². The average molecular weight is 419 g/mol. The highest BCUT2D eigenvalue weighted by atomic mass is 16.6. The molecule has 7 heteroatoms. The van der Waals surface area contributed by atoms with E-state index in [-0.39, 0.29) is 18.2 Å². The van der Waals surface area contributed by atoms with E-state index >= 15 is 0 Å². The lowest BCUT2D eigenvalue weighted by atomic mass is 10.2. The largest absolute Gasteiger partial charge is 0.486 e. The maximum atomic E-state index is 12.5. The quantitative estimate of drug-likeness (QED) is 0.590. The minimum atomic E-state index is -0.646. The number of benzene rings is 3. The molecular formula is C24H21NO6. The van der Waals surface area contributed by atoms with Crippen LogP contribution in [0.25, 0.3) is 0 Å². The van der Waals surface area contributed by atoms with E-state index in [2.05, 4.69) is 5.32 Å². The first-order chi connectivity index (χ1) is 15.2. The summed E-state index contributed by atoms with van der Waals surface area (Å²) < 4.78 is 22.3. The molecule has 0 saturated heterocycles. The van der Waals surface area contributed by atoms with Gasteiger partial charge in [0.2, 0.25) is 0 Å². The number of rotatable bonds is 7. The summed E-state index contributed by atoms with van der Waals surface area (Å²) in [6, 6.07) is 23.2. The molecule has 1 aliphatic heterocycles. The van der Waals surface area contributed by atoms with E-state index in [0.29, 0.717) is 29.6 Å². The summed E-state index contributed by atoms with van der Waals surface area (Å²) in [5, 5.41) is 2.69. The van der Waals surface area contributed by atoms with Gasteiger partial charge in [-0.1, -0.05) is 42.5 Å². The van der Waals surface area contributed by atoms with Crippen LogP contribution in [0.5, 0.6) is 23.0 Å². The van der Waals surface area contributed by atoms with E-state index in [9.17, 15) is 9.59 Å². The Morgan fingerprint density at radius 2 is 1.61 bits per heavy atom. The van der Waals surface area contributed by atoms with Crippen molar-refractivity contribution in [3.05, 3.63) is 84.4 Å². The van der Waals surface area contributed by atoms with Crippen molar-refractivity contribution in [2.45, 2.75) is 6.10 Å². The van der Waals surface area contributed by atoms with Crippen LogP contribution in [0, 0.1) is 0 Å². The predicted octanol–water partition coefficient (Wildman–Crippen LogP) is 3.59. The Kier molecular flexibility index (Phi) is 6.32. The zero-order valence-corrected chi connectivity index (χ0v) is 16.7. The van der Waals surface area contributed by atoms with Gasteiger partial charge in [-0.3, -0.25) is 4.79 Å². The van der Waals surface area contributed by atoms with E-state index in [1.54, 1.807) is 42.5 Å². The van der Waals surface area contributed by atoms with Gasteiger partial charge >= 0.3 is 5.97 Å². The first kappa shape index (κ1) is 20.3. The number of carbonyl (C=O) groups excluding carboxylic acids is 2. The van der Waals surface area contributed by atoms with E-state index in [4.69, 9.17) is 18.9 Å². The van der Waals surface area contributed by atoms with Gasteiger partial charge in [0.05, 0.1) is 6.54 Å². The number of para-hydroxylation sites is 4. The molecule has 1 heterocycles. The molecular weight excluding hydrogens is 398 g/mol. The van der Waals surface area contributed by atoms with Gasteiger partial charge in [0.15, 0.2) is 18.1 Å². The van der Waals surface area contributed by atoms with Crippen LogP contribution in [0.2, 0.25) is 0 Å². The average Bonchev–Trinajstić information content (AvgIpc) is 2.82. The van der Waals surface area contributed by atoms with Crippen molar-refractivity contribution in [2.24, 2.45) is 0 Å². The number of nitrogens with one attached hydrogen (secondary N) is 1. The fourth-order valence-corrected chi connectivity index (χ4v) is 2.99. The zero-order valence-electron chi connectivity index (χ0n) is 16.7. The summed E-state index contributed by atoms with van der Waals surface area (Å²) in [4.78, 5) is 24.6. The molecule has 0 aliphatic carbocycles. The van der Waals surface area contributed by atoms with Crippen LogP contribution in [0.4, 0.5) is 0 Å². The molecule has 1 atom stereocenters. The van der Waals surface area contributed by atoms with Crippen molar-refractivity contribution in [3.8, 4) is 23.0 Å². The number of esters is 1. The van der Waals surface area contributed by atoms with Gasteiger partial charge in [-0.2, -0.15) is 0 Å². The molecule has 31 heavy (non-hydrogen) atoms. The Hall–Kier alpha value is -4.00. The lowest BCUT2D eigenvalue weighted by molar-refractivity contribution is -0.124. The fourth-order valence-electron chi connectivity index (χ4n) is 2.99. The van der Waals surface area contributed by atoms with Gasteiger partial charge in [-0.25, -0.2) is 4.79 Å². The molecule has 0 fully saturated rings. The lowest BCUT2D eigenvalue weighted by Crippen LogP contribution is -2.42. The summed E-state index contributed by atoms with van der Waals surface area (Å²) in [7, 11) is 0. The van der Waals surface area contributed by atoms with Crippen LogP contribution in [-0.2, 0) is 9.53 Å². The van der Waals surface area contributed by atoms with Gasteiger partial charge in [-0.05, 0) is 36.4 Å². The summed E-state index contributed by atoms with van der Waals surface area (Å²) in [5.41, 5.74) is 0.236. The molecule has 0 aromatic heterocycles. The van der Waals surface area contributed by atoms with E-state index < -0.39 is 18.5 Å². The van der Waals surface area contributed by atoms with Crippen molar-refractivity contribution < 1.29 is 28.5 Å². The smallest absolute Gasteiger partial charge is 0.342 e. The molecule has 0 spiro atoms. The monoisotopic (exact) mass is 419 g/mol. The summed E-state index contributed by atoms with van der Waals surface area (Å²) in [5.74, 6) is 1.18. The molecule has 3 aromatic carbocycles. The molecule has 1 amide bonds. The predicted molar refractivity (Wildman–Crippen MR) is 113 cm³/mol. The Labute approximate surface area is 179 Å². The molecule has 1 aliphatic rings. The lowest BCUT2D eigenvalue weighted by Gasteiger charge is -2.26. The SMILES string of the molecule is O=C(COC(=O)c1ccccc1Oc1ccccc1)NC[C@H]1COc2ccccc2O1. The molecule has 0 radical (unpaired) electrons. The topological polar surface area (TPSA) is 83.1 Å². The Balaban J connectivity index is 1.27. The molecule has 0 bridgehead atoms. The van der Waals surface area contributed by atoms with Crippen molar-refractivity contribution in [1.82, 2.24) is 5.32 Å². The molecule has 4 rings (SSSR count). The van der Waals surface area contributed by atoms with Gasteiger partial charge in [0.1, 0.15) is 29.8 Å². The number of fused-ring (bicyclic) bond motifs is 1. The zero-order chi connectivity index (χ0) is 21.5. The third-order valence-electron chi connectivity index (χ3n) is 4.51. The molecule has 0 unspecified atom stereocenters. The van der Waals surface area contributed by atoms with Crippen LogP contribution in [0.1, 0.15) is 10.4 Å². The highest BCUT2D eigenvalue weighted by Gasteiger charge is 2.21. The van der Waals surface area contributed by atoms with Crippen LogP contribution in [-0.4, -0.2) is 37.7 Å². The van der Waals surface area contributed by atoms with Gasteiger partial charge in [-0.15, -0.1) is 0 Å². The molecule has 158 valence electrons. The maximum absolute atomic E-state index is 12.5. The standard InChI is InChI=1S/C24H21NO6/c26-23(25-14-18-15-28-21-12-6-7-13-22(21)31-18)16-29-24(27)19-10-4-5-11-20(19)30-17-8-2-1-3-9-17/h1-13,18H,14-16H2,(H,25,26)/t18-/m0/s1. The number of carbonyl (C=O) groups is 2. The molecule has 0 saturated carbocycles. The molecule has 3 aromatic rings. The van der Waals surface area contributed by atoms with Crippen molar-refractivity contribution in [2.75, 3.05) is 19.8 Å². The second kappa shape index (κ2) is 9.67. The molecule has 7 nitrogen and oxygen atoms in total. The fraction of sp³-hybridized carbons (Fsp3) is 0.167. The Morgan fingerprint density at radius 1 is 0.903 bits per heavy atom. The van der Waals surface area contributed by atoms with E-state index in [0.717, 1.165) is 0 Å². The minimum absolute atomic E-state index is 0.235. The Bertz CT molecular complexity index is 1050. The molecule has 1 N–H and O–H groups in total. The van der Waals surface area contributed by atoms with Gasteiger partial charge in [0, 0.05) is 0 Å². The third kappa shape index (κ3) is 5.33. The first-order valence-corrected chi connectivity index (χ1v) is 9.83. The number of amides is 1. The van der Waals surface area contributed by atoms with Crippen molar-refractivity contribution in [3.63, 3.8) is 0 Å². The van der Waals surface area contributed by atoms with Crippen LogP contribution in [0.15, 0.2) is 78.9 Å². The van der Waals surface area contributed by atoms with Crippen LogP contribution < -0.4 is 19.5 Å². The van der Waals surface area contributed by atoms with Crippen molar-refractivity contribution >= 4 is 11.9 Å². The highest BCUT2D eigenvalue weighted by molar-refractivity contribution is 5.94. The van der Waals surface area contributed by atoms with Gasteiger partial charge in [0.25, 0.3) is 5.91 Å². The summed E-state index contributed by atoms with van der Waals surface area (Å²) in [6.45, 7) is 0.141. The third-order valence-corrected chi connectivity index (χ3v) is 4.51. The second-order valence-electron chi connectivity index (χ2n) is 6.79. The summed E-state index contributed by atoms with van der Waals surface area (Å²) >= 11 is 0. The number of ether oxygens (including phenoxy) is 4. The second-order valence-corrected chi connectivity index (χ2v) is 6.79. The number of hydrogen-bond acceptors (Lipinski definition) is 6. The highest BCUT2D eigenvalue weighted by Crippen LogP contribution is 2.30. The summed E-state index contributed by atoms with van der Waals surface area (Å²) in [6.07, 6.45) is -0.324. The normalized spacial score (nSPS) is 14.4. The van der Waals surface area contributed by atoms with E-state index in [1.807, 2.05) is 36.4 Å². The Morgan fingerprint density at radius 3 is 2.45 bits per heavy atom. The maximum Gasteiger partial charge on any atom is 0.342 e. The van der Waals surface area contributed by atoms with Crippen LogP contribution >= 0.6 is 0 Å². The van der Waals surface area contributed by atoms with E-state index in [1.165, 1.54) is 0 Å². The first-order valence-electron chi connectivity index (χ1n) is 9.83. The minimum Gasteiger partial charge on any atom is -0.486 e. The number of hydrogen-bond donors (Lipinski definition) is 1.